The second kappa shape index (κ2) is 5.69. The molecule has 5 heteroatoms. The van der Waals surface area contributed by atoms with Crippen molar-refractivity contribution in [3.05, 3.63) is 16.2 Å². The summed E-state index contributed by atoms with van der Waals surface area (Å²) in [7, 11) is 0. The second-order valence-electron chi connectivity index (χ2n) is 4.51. The molecule has 96 valence electrons. The first-order valence-corrected chi connectivity index (χ1v) is 6.52. The van der Waals surface area contributed by atoms with E-state index in [0.717, 1.165) is 22.3 Å². The zero-order chi connectivity index (χ0) is 13.1. The number of halogens is 1. The van der Waals surface area contributed by atoms with Crippen molar-refractivity contribution in [2.45, 2.75) is 39.2 Å². The number of nitrogens with two attached hydrogens (primary N) is 1. The van der Waals surface area contributed by atoms with Gasteiger partial charge in [0.05, 0.1) is 16.4 Å². The number of nitrogens with one attached hydrogen (secondary N) is 1. The Bertz CT molecular complexity index is 398. The number of nitrogen functional groups attached to an aromatic ring is 1. The van der Waals surface area contributed by atoms with Crippen molar-refractivity contribution in [2.75, 3.05) is 17.7 Å². The smallest absolute Gasteiger partial charge is 0.141 e. The van der Waals surface area contributed by atoms with Crippen LogP contribution in [-0.2, 0) is 0 Å². The standard InChI is InChI=1S/C12H20BrN3O/c1-4-12(3,5-6-17)16-11-10(13)8(2)9(14)7-15-11/h7,17H,4-6,14H2,1-3H3,(H,15,16). The summed E-state index contributed by atoms with van der Waals surface area (Å²) in [6.07, 6.45) is 3.24. The van der Waals surface area contributed by atoms with Gasteiger partial charge in [0.25, 0.3) is 0 Å². The molecular weight excluding hydrogens is 282 g/mol. The molecule has 1 aromatic heterocycles. The fourth-order valence-corrected chi connectivity index (χ4v) is 1.97. The van der Waals surface area contributed by atoms with Crippen LogP contribution in [0.2, 0.25) is 0 Å². The molecule has 0 aliphatic rings. The molecule has 0 aliphatic heterocycles. The zero-order valence-corrected chi connectivity index (χ0v) is 12.1. The lowest BCUT2D eigenvalue weighted by Gasteiger charge is -2.30. The Kier molecular flexibility index (Phi) is 4.77. The number of anilines is 2. The first-order chi connectivity index (χ1) is 7.93. The molecule has 0 amide bonds. The molecule has 0 aromatic carbocycles. The highest BCUT2D eigenvalue weighted by molar-refractivity contribution is 9.10. The normalized spacial score (nSPS) is 14.4. The summed E-state index contributed by atoms with van der Waals surface area (Å²) in [4.78, 5) is 4.29. The average Bonchev–Trinajstić information content (AvgIpc) is 2.30. The van der Waals surface area contributed by atoms with Gasteiger partial charge in [-0.3, -0.25) is 0 Å². The lowest BCUT2D eigenvalue weighted by molar-refractivity contribution is 0.251. The third-order valence-electron chi connectivity index (χ3n) is 3.17. The number of hydrogen-bond acceptors (Lipinski definition) is 4. The van der Waals surface area contributed by atoms with Gasteiger partial charge in [-0.05, 0) is 48.2 Å². The van der Waals surface area contributed by atoms with Gasteiger partial charge in [-0.2, -0.15) is 0 Å². The fourth-order valence-electron chi connectivity index (χ4n) is 1.54. The molecular formula is C12H20BrN3O. The summed E-state index contributed by atoms with van der Waals surface area (Å²) in [5, 5.41) is 12.5. The maximum Gasteiger partial charge on any atom is 0.141 e. The Morgan fingerprint density at radius 1 is 1.59 bits per heavy atom. The highest BCUT2D eigenvalue weighted by Crippen LogP contribution is 2.31. The van der Waals surface area contributed by atoms with E-state index < -0.39 is 0 Å². The molecule has 1 rings (SSSR count). The van der Waals surface area contributed by atoms with Crippen molar-refractivity contribution in [1.29, 1.82) is 0 Å². The number of rotatable bonds is 5. The molecule has 0 spiro atoms. The Hall–Kier alpha value is -0.810. The van der Waals surface area contributed by atoms with E-state index in [2.05, 4.69) is 40.1 Å². The van der Waals surface area contributed by atoms with Crippen molar-refractivity contribution < 1.29 is 5.11 Å². The zero-order valence-electron chi connectivity index (χ0n) is 10.5. The van der Waals surface area contributed by atoms with E-state index in [4.69, 9.17) is 10.8 Å². The van der Waals surface area contributed by atoms with Gasteiger partial charge in [-0.25, -0.2) is 4.98 Å². The van der Waals surface area contributed by atoms with Crippen LogP contribution in [0.1, 0.15) is 32.3 Å². The van der Waals surface area contributed by atoms with Gasteiger partial charge >= 0.3 is 0 Å². The molecule has 0 radical (unpaired) electrons. The highest BCUT2D eigenvalue weighted by Gasteiger charge is 2.23. The van der Waals surface area contributed by atoms with Gasteiger partial charge in [0.1, 0.15) is 5.82 Å². The molecule has 0 saturated carbocycles. The number of aliphatic hydroxyl groups excluding tert-OH is 1. The van der Waals surface area contributed by atoms with E-state index in [1.54, 1.807) is 6.20 Å². The van der Waals surface area contributed by atoms with Crippen LogP contribution in [0.3, 0.4) is 0 Å². The van der Waals surface area contributed by atoms with Gasteiger partial charge in [0.15, 0.2) is 0 Å². The third kappa shape index (κ3) is 3.33. The predicted molar refractivity (Wildman–Crippen MR) is 75.1 cm³/mol. The minimum Gasteiger partial charge on any atom is -0.397 e. The van der Waals surface area contributed by atoms with Gasteiger partial charge in [-0.1, -0.05) is 6.92 Å². The first kappa shape index (κ1) is 14.3. The second-order valence-corrected chi connectivity index (χ2v) is 5.31. The van der Waals surface area contributed by atoms with E-state index in [1.807, 2.05) is 6.92 Å². The van der Waals surface area contributed by atoms with Gasteiger partial charge in [0, 0.05) is 12.1 Å². The number of hydrogen-bond donors (Lipinski definition) is 3. The largest absolute Gasteiger partial charge is 0.397 e. The van der Waals surface area contributed by atoms with Crippen LogP contribution in [0, 0.1) is 6.92 Å². The van der Waals surface area contributed by atoms with Crippen molar-refractivity contribution in [3.8, 4) is 0 Å². The topological polar surface area (TPSA) is 71.2 Å². The van der Waals surface area contributed by atoms with Crippen molar-refractivity contribution in [3.63, 3.8) is 0 Å². The molecule has 1 aromatic rings. The van der Waals surface area contributed by atoms with E-state index in [0.29, 0.717) is 12.1 Å². The van der Waals surface area contributed by atoms with Gasteiger partial charge in [-0.15, -0.1) is 0 Å². The lowest BCUT2D eigenvalue weighted by atomic mass is 9.95. The lowest BCUT2D eigenvalue weighted by Crippen LogP contribution is -2.35. The van der Waals surface area contributed by atoms with Crippen molar-refractivity contribution >= 4 is 27.4 Å². The Morgan fingerprint density at radius 3 is 2.76 bits per heavy atom. The predicted octanol–water partition coefficient (Wildman–Crippen LogP) is 2.70. The van der Waals surface area contributed by atoms with E-state index >= 15 is 0 Å². The first-order valence-electron chi connectivity index (χ1n) is 5.73. The van der Waals surface area contributed by atoms with Crippen LogP contribution >= 0.6 is 15.9 Å². The molecule has 17 heavy (non-hydrogen) atoms. The number of pyridine rings is 1. The summed E-state index contributed by atoms with van der Waals surface area (Å²) in [6.45, 7) is 6.26. The van der Waals surface area contributed by atoms with Crippen LogP contribution in [-0.4, -0.2) is 22.2 Å². The summed E-state index contributed by atoms with van der Waals surface area (Å²) in [5.41, 5.74) is 7.27. The molecule has 1 unspecified atom stereocenters. The molecule has 4 N–H and O–H groups in total. The number of aromatic nitrogens is 1. The van der Waals surface area contributed by atoms with Crippen LogP contribution < -0.4 is 11.1 Å². The quantitative estimate of drug-likeness (QED) is 0.782. The van der Waals surface area contributed by atoms with Crippen LogP contribution in [0.4, 0.5) is 11.5 Å². The molecule has 0 saturated heterocycles. The van der Waals surface area contributed by atoms with E-state index in [-0.39, 0.29) is 12.1 Å². The minimum absolute atomic E-state index is 0.156. The molecule has 0 bridgehead atoms. The van der Waals surface area contributed by atoms with Crippen LogP contribution in [0.5, 0.6) is 0 Å². The van der Waals surface area contributed by atoms with E-state index in [9.17, 15) is 0 Å². The molecule has 0 fully saturated rings. The summed E-state index contributed by atoms with van der Waals surface area (Å²) in [6, 6.07) is 0. The van der Waals surface area contributed by atoms with Crippen molar-refractivity contribution in [1.82, 2.24) is 4.98 Å². The monoisotopic (exact) mass is 301 g/mol. The SMILES string of the molecule is CCC(C)(CCO)Nc1ncc(N)c(C)c1Br. The summed E-state index contributed by atoms with van der Waals surface area (Å²) < 4.78 is 0.884. The Balaban J connectivity index is 2.98. The summed E-state index contributed by atoms with van der Waals surface area (Å²) in [5.74, 6) is 0.773. The molecule has 1 atom stereocenters. The minimum atomic E-state index is -0.160. The van der Waals surface area contributed by atoms with Crippen LogP contribution in [0.15, 0.2) is 10.7 Å². The highest BCUT2D eigenvalue weighted by atomic mass is 79.9. The van der Waals surface area contributed by atoms with E-state index in [1.165, 1.54) is 0 Å². The van der Waals surface area contributed by atoms with Gasteiger partial charge in [0.2, 0.25) is 0 Å². The molecule has 1 heterocycles. The fraction of sp³-hybridized carbons (Fsp3) is 0.583. The average molecular weight is 302 g/mol. The molecule has 0 aliphatic carbocycles. The van der Waals surface area contributed by atoms with Crippen LogP contribution in [0.25, 0.3) is 0 Å². The Labute approximate surface area is 111 Å². The molecule has 4 nitrogen and oxygen atoms in total. The summed E-state index contributed by atoms with van der Waals surface area (Å²) >= 11 is 3.50. The number of nitrogens with zero attached hydrogens (tertiary/aromatic N) is 1. The number of aliphatic hydroxyl groups is 1. The third-order valence-corrected chi connectivity index (χ3v) is 4.14. The maximum atomic E-state index is 9.09. The Morgan fingerprint density at radius 2 is 2.24 bits per heavy atom. The van der Waals surface area contributed by atoms with Gasteiger partial charge < -0.3 is 16.2 Å². The maximum absolute atomic E-state index is 9.09. The van der Waals surface area contributed by atoms with Crippen molar-refractivity contribution in [2.24, 2.45) is 0 Å².